The molecule has 0 spiro atoms. The lowest BCUT2D eigenvalue weighted by Gasteiger charge is -2.01. The number of nitrogens with zero attached hydrogens (tertiary/aromatic N) is 2. The van der Waals surface area contributed by atoms with Crippen LogP contribution in [0, 0.1) is 11.3 Å². The number of aromatic nitrogens is 1. The van der Waals surface area contributed by atoms with Crippen molar-refractivity contribution in [1.82, 2.24) is 4.98 Å². The predicted octanol–water partition coefficient (Wildman–Crippen LogP) is 6.11. The van der Waals surface area contributed by atoms with E-state index in [1.807, 2.05) is 11.4 Å². The average Bonchev–Trinajstić information content (AvgIpc) is 3.13. The van der Waals surface area contributed by atoms with Crippen LogP contribution in [0.1, 0.15) is 17.5 Å². The fourth-order valence-electron chi connectivity index (χ4n) is 2.29. The number of rotatable bonds is 4. The monoisotopic (exact) mass is 414 g/mol. The average molecular weight is 415 g/mol. The Hall–Kier alpha value is -2.65. The van der Waals surface area contributed by atoms with Crippen LogP contribution in [0.3, 0.4) is 0 Å². The summed E-state index contributed by atoms with van der Waals surface area (Å²) in [6.07, 6.45) is 1.73. The number of benzene rings is 2. The fraction of sp³-hybridized carbons (Fsp3) is 0.0500. The zero-order valence-corrected chi connectivity index (χ0v) is 16.4. The molecule has 3 rings (SSSR count). The minimum Gasteiger partial charge on any atom is -0.427 e. The summed E-state index contributed by atoms with van der Waals surface area (Å²) in [5.74, 6) is 0.0722. The zero-order chi connectivity index (χ0) is 19.4. The van der Waals surface area contributed by atoms with Gasteiger partial charge in [0.25, 0.3) is 0 Å². The van der Waals surface area contributed by atoms with Crippen molar-refractivity contribution in [1.29, 1.82) is 5.26 Å². The summed E-state index contributed by atoms with van der Waals surface area (Å²) in [6, 6.07) is 14.3. The van der Waals surface area contributed by atoms with Crippen LogP contribution >= 0.6 is 34.5 Å². The van der Waals surface area contributed by atoms with Gasteiger partial charge in [-0.15, -0.1) is 11.3 Å². The third kappa shape index (κ3) is 4.75. The Morgan fingerprint density at radius 3 is 2.56 bits per heavy atom. The van der Waals surface area contributed by atoms with Crippen LogP contribution in [0.15, 0.2) is 47.8 Å². The summed E-state index contributed by atoms with van der Waals surface area (Å²) < 4.78 is 5.00. The molecular weight excluding hydrogens is 403 g/mol. The van der Waals surface area contributed by atoms with Crippen molar-refractivity contribution in [2.75, 3.05) is 0 Å². The van der Waals surface area contributed by atoms with E-state index in [1.165, 1.54) is 18.3 Å². The molecule has 0 unspecified atom stereocenters. The number of carbonyl (C=O) groups is 1. The lowest BCUT2D eigenvalue weighted by molar-refractivity contribution is -0.131. The van der Waals surface area contributed by atoms with Gasteiger partial charge in [-0.1, -0.05) is 41.4 Å². The highest BCUT2D eigenvalue weighted by atomic mass is 35.5. The largest absolute Gasteiger partial charge is 0.427 e. The number of hydrogen-bond donors (Lipinski definition) is 0. The van der Waals surface area contributed by atoms with Crippen molar-refractivity contribution < 1.29 is 9.53 Å². The Balaban J connectivity index is 1.87. The highest BCUT2D eigenvalue weighted by molar-refractivity contribution is 7.11. The highest BCUT2D eigenvalue weighted by Gasteiger charge is 2.10. The van der Waals surface area contributed by atoms with Crippen molar-refractivity contribution in [2.24, 2.45) is 0 Å². The summed E-state index contributed by atoms with van der Waals surface area (Å²) in [4.78, 5) is 15.5. The van der Waals surface area contributed by atoms with Gasteiger partial charge in [-0.05, 0) is 35.9 Å². The number of esters is 1. The van der Waals surface area contributed by atoms with E-state index < -0.39 is 0 Å². The number of nitriles is 1. The molecule has 0 aliphatic heterocycles. The van der Waals surface area contributed by atoms with E-state index in [9.17, 15) is 10.1 Å². The first-order valence-corrected chi connectivity index (χ1v) is 9.41. The molecule has 1 heterocycles. The van der Waals surface area contributed by atoms with Crippen LogP contribution in [0.2, 0.25) is 10.0 Å². The van der Waals surface area contributed by atoms with E-state index in [1.54, 1.807) is 42.5 Å². The lowest BCUT2D eigenvalue weighted by Crippen LogP contribution is -2.00. The van der Waals surface area contributed by atoms with E-state index in [-0.39, 0.29) is 5.97 Å². The summed E-state index contributed by atoms with van der Waals surface area (Å²) in [5.41, 5.74) is 2.79. The SMILES string of the molecule is CC(=O)Oc1ccc(C=C(C#N)c2nc(-c3ccc(Cl)c(Cl)c3)cs2)cc1. The minimum absolute atomic E-state index is 0.381. The quantitative estimate of drug-likeness (QED) is 0.293. The number of halogens is 2. The van der Waals surface area contributed by atoms with Crippen LogP contribution in [0.4, 0.5) is 0 Å². The maximum absolute atomic E-state index is 11.0. The van der Waals surface area contributed by atoms with Gasteiger partial charge < -0.3 is 4.74 Å². The molecule has 0 saturated carbocycles. The van der Waals surface area contributed by atoms with E-state index >= 15 is 0 Å². The van der Waals surface area contributed by atoms with Gasteiger partial charge in [0.15, 0.2) is 0 Å². The first-order chi connectivity index (χ1) is 13.0. The summed E-state index contributed by atoms with van der Waals surface area (Å²) in [7, 11) is 0. The van der Waals surface area contributed by atoms with E-state index in [0.29, 0.717) is 26.4 Å². The minimum atomic E-state index is -0.381. The summed E-state index contributed by atoms with van der Waals surface area (Å²) >= 11 is 13.4. The van der Waals surface area contributed by atoms with Gasteiger partial charge >= 0.3 is 5.97 Å². The fourth-order valence-corrected chi connectivity index (χ4v) is 3.38. The first-order valence-electron chi connectivity index (χ1n) is 7.78. The van der Waals surface area contributed by atoms with E-state index in [2.05, 4.69) is 11.1 Å². The van der Waals surface area contributed by atoms with Gasteiger partial charge in [-0.3, -0.25) is 4.79 Å². The molecule has 3 aromatic rings. The Bertz CT molecular complexity index is 1070. The molecule has 0 aliphatic carbocycles. The van der Waals surface area contributed by atoms with Gasteiger partial charge in [-0.25, -0.2) is 4.98 Å². The molecule has 7 heteroatoms. The number of allylic oxidation sites excluding steroid dienone is 1. The molecule has 1 aromatic heterocycles. The number of carbonyl (C=O) groups excluding carboxylic acids is 1. The molecule has 0 bridgehead atoms. The van der Waals surface area contributed by atoms with Crippen LogP contribution < -0.4 is 4.74 Å². The van der Waals surface area contributed by atoms with E-state index in [4.69, 9.17) is 27.9 Å². The van der Waals surface area contributed by atoms with Crippen LogP contribution in [-0.4, -0.2) is 11.0 Å². The van der Waals surface area contributed by atoms with Crippen molar-refractivity contribution in [3.8, 4) is 23.1 Å². The van der Waals surface area contributed by atoms with Gasteiger partial charge in [0.2, 0.25) is 0 Å². The smallest absolute Gasteiger partial charge is 0.308 e. The van der Waals surface area contributed by atoms with Crippen molar-refractivity contribution in [3.05, 3.63) is 68.5 Å². The Labute approximate surface area is 170 Å². The molecule has 0 aliphatic rings. The molecule has 0 N–H and O–H groups in total. The second-order valence-electron chi connectivity index (χ2n) is 5.50. The van der Waals surface area contributed by atoms with Crippen LogP contribution in [-0.2, 0) is 4.79 Å². The Kier molecular flexibility index (Phi) is 5.92. The van der Waals surface area contributed by atoms with Gasteiger partial charge in [0.05, 0.1) is 21.3 Å². The predicted molar refractivity (Wildman–Crippen MR) is 109 cm³/mol. The molecule has 0 radical (unpaired) electrons. The third-order valence-corrected chi connectivity index (χ3v) is 5.14. The van der Waals surface area contributed by atoms with E-state index in [0.717, 1.165) is 16.8 Å². The number of hydrogen-bond acceptors (Lipinski definition) is 5. The summed E-state index contributed by atoms with van der Waals surface area (Å²) in [6.45, 7) is 1.34. The third-order valence-electron chi connectivity index (χ3n) is 3.52. The van der Waals surface area contributed by atoms with Gasteiger partial charge in [0, 0.05) is 17.9 Å². The van der Waals surface area contributed by atoms with Crippen LogP contribution in [0.25, 0.3) is 22.9 Å². The topological polar surface area (TPSA) is 63.0 Å². The molecule has 0 atom stereocenters. The van der Waals surface area contributed by atoms with Crippen LogP contribution in [0.5, 0.6) is 5.75 Å². The highest BCUT2D eigenvalue weighted by Crippen LogP contribution is 2.31. The first kappa shape index (κ1) is 19.1. The molecule has 0 fully saturated rings. The standard InChI is InChI=1S/C20H12Cl2N2O2S/c1-12(25)26-16-5-2-13(3-6-16)8-15(10-23)20-24-19(11-27-20)14-4-7-17(21)18(22)9-14/h2-9,11H,1H3. The maximum Gasteiger partial charge on any atom is 0.308 e. The molecule has 2 aromatic carbocycles. The number of ether oxygens (including phenoxy) is 1. The number of thiazole rings is 1. The molecular formula is C20H12Cl2N2O2S. The molecule has 0 amide bonds. The van der Waals surface area contributed by atoms with Crippen molar-refractivity contribution in [2.45, 2.75) is 6.92 Å². The molecule has 134 valence electrons. The van der Waals surface area contributed by atoms with Crippen molar-refractivity contribution in [3.63, 3.8) is 0 Å². The normalized spacial score (nSPS) is 11.1. The lowest BCUT2D eigenvalue weighted by atomic mass is 10.1. The second-order valence-corrected chi connectivity index (χ2v) is 7.17. The molecule has 4 nitrogen and oxygen atoms in total. The second kappa shape index (κ2) is 8.36. The zero-order valence-electron chi connectivity index (χ0n) is 14.1. The van der Waals surface area contributed by atoms with Gasteiger partial charge in [0.1, 0.15) is 16.8 Å². The Morgan fingerprint density at radius 2 is 1.93 bits per heavy atom. The summed E-state index contributed by atoms with van der Waals surface area (Å²) in [5, 5.41) is 12.9. The van der Waals surface area contributed by atoms with Gasteiger partial charge in [-0.2, -0.15) is 5.26 Å². The molecule has 27 heavy (non-hydrogen) atoms. The molecule has 0 saturated heterocycles. The Morgan fingerprint density at radius 1 is 1.19 bits per heavy atom. The maximum atomic E-state index is 11.0. The van der Waals surface area contributed by atoms with Crippen molar-refractivity contribution >= 4 is 52.2 Å².